The number of likely N-dealkylation sites (tertiary alicyclic amines) is 1. The number of piperidine rings is 1. The monoisotopic (exact) mass is 462 g/mol. The number of aryl methyl sites for hydroxylation is 1. The number of carbonyl (C=O) groups excluding carboxylic acids is 1. The standard InChI is InChI=1S/C25H24F2N6O/c1-16-4-7-29-22(10-16)30-24(34)23-20-12-18(2-3-21(20)31-32-23)19-11-17(13-28-14-19)15-33-8-5-25(26,27)6-9-33/h2-4,7,10-14H,5-6,8-9,15H2,1H3,(H,31,32)(H,29,30,34). The zero-order valence-corrected chi connectivity index (χ0v) is 18.7. The van der Waals surface area contributed by atoms with Crippen molar-refractivity contribution in [2.24, 2.45) is 0 Å². The molecule has 2 N–H and O–H groups in total. The lowest BCUT2D eigenvalue weighted by atomic mass is 10.0. The van der Waals surface area contributed by atoms with Gasteiger partial charge in [0.25, 0.3) is 11.8 Å². The molecular formula is C25H24F2N6O. The summed E-state index contributed by atoms with van der Waals surface area (Å²) in [7, 11) is 0. The topological polar surface area (TPSA) is 86.8 Å². The van der Waals surface area contributed by atoms with Crippen molar-refractivity contribution in [3.8, 4) is 11.1 Å². The molecule has 1 aliphatic rings. The minimum atomic E-state index is -2.56. The molecule has 3 aromatic heterocycles. The van der Waals surface area contributed by atoms with Crippen LogP contribution in [0.5, 0.6) is 0 Å². The highest BCUT2D eigenvalue weighted by molar-refractivity contribution is 6.11. The van der Waals surface area contributed by atoms with Gasteiger partial charge in [-0.25, -0.2) is 13.8 Å². The summed E-state index contributed by atoms with van der Waals surface area (Å²) in [6.07, 6.45) is 4.94. The molecule has 1 fully saturated rings. The minimum Gasteiger partial charge on any atom is -0.305 e. The molecule has 9 heteroatoms. The number of aromatic amines is 1. The number of pyridine rings is 2. The van der Waals surface area contributed by atoms with Crippen LogP contribution in [0.25, 0.3) is 22.0 Å². The number of anilines is 1. The van der Waals surface area contributed by atoms with Crippen LogP contribution in [0, 0.1) is 6.92 Å². The van der Waals surface area contributed by atoms with Gasteiger partial charge in [0, 0.05) is 62.0 Å². The van der Waals surface area contributed by atoms with E-state index in [1.807, 2.05) is 42.2 Å². The van der Waals surface area contributed by atoms with E-state index in [1.165, 1.54) is 0 Å². The molecule has 1 aromatic carbocycles. The van der Waals surface area contributed by atoms with E-state index in [9.17, 15) is 13.6 Å². The molecule has 34 heavy (non-hydrogen) atoms. The Labute approximate surface area is 195 Å². The molecular weight excluding hydrogens is 438 g/mol. The molecule has 0 spiro atoms. The van der Waals surface area contributed by atoms with E-state index in [0.29, 0.717) is 30.8 Å². The molecule has 4 heterocycles. The summed E-state index contributed by atoms with van der Waals surface area (Å²) in [4.78, 5) is 23.4. The maximum Gasteiger partial charge on any atom is 0.277 e. The van der Waals surface area contributed by atoms with Gasteiger partial charge in [0.1, 0.15) is 5.82 Å². The fourth-order valence-electron chi connectivity index (χ4n) is 4.18. The van der Waals surface area contributed by atoms with Crippen LogP contribution in [0.15, 0.2) is 55.0 Å². The van der Waals surface area contributed by atoms with Gasteiger partial charge >= 0.3 is 0 Å². The number of rotatable bonds is 5. The third kappa shape index (κ3) is 4.79. The number of alkyl halides is 2. The number of carbonyl (C=O) groups is 1. The first-order valence-corrected chi connectivity index (χ1v) is 11.1. The highest BCUT2D eigenvalue weighted by Gasteiger charge is 2.33. The molecule has 1 amide bonds. The number of benzene rings is 1. The molecule has 0 saturated carbocycles. The lowest BCUT2D eigenvalue weighted by Gasteiger charge is -2.31. The quantitative estimate of drug-likeness (QED) is 0.444. The van der Waals surface area contributed by atoms with E-state index >= 15 is 0 Å². The highest BCUT2D eigenvalue weighted by Crippen LogP contribution is 2.29. The van der Waals surface area contributed by atoms with Gasteiger partial charge in [-0.15, -0.1) is 0 Å². The Morgan fingerprint density at radius 3 is 2.74 bits per heavy atom. The Bertz CT molecular complexity index is 1340. The first kappa shape index (κ1) is 22.1. The molecule has 0 atom stereocenters. The Hall–Kier alpha value is -3.72. The Kier molecular flexibility index (Phi) is 5.79. The zero-order chi connectivity index (χ0) is 23.7. The second-order valence-electron chi connectivity index (χ2n) is 8.72. The summed E-state index contributed by atoms with van der Waals surface area (Å²) in [5.74, 6) is -2.45. The van der Waals surface area contributed by atoms with E-state index in [4.69, 9.17) is 0 Å². The van der Waals surface area contributed by atoms with Crippen molar-refractivity contribution in [1.29, 1.82) is 0 Å². The number of hydrogen-bond acceptors (Lipinski definition) is 5. The van der Waals surface area contributed by atoms with Crippen molar-refractivity contribution in [3.63, 3.8) is 0 Å². The summed E-state index contributed by atoms with van der Waals surface area (Å²) in [6, 6.07) is 11.4. The summed E-state index contributed by atoms with van der Waals surface area (Å²) in [5.41, 5.74) is 4.73. The van der Waals surface area contributed by atoms with Crippen LogP contribution in [-0.4, -0.2) is 50.0 Å². The highest BCUT2D eigenvalue weighted by atomic mass is 19.3. The van der Waals surface area contributed by atoms with Crippen LogP contribution in [0.2, 0.25) is 0 Å². The lowest BCUT2D eigenvalue weighted by molar-refractivity contribution is -0.0566. The Morgan fingerprint density at radius 1 is 1.12 bits per heavy atom. The minimum absolute atomic E-state index is 0.111. The zero-order valence-electron chi connectivity index (χ0n) is 18.7. The fourth-order valence-corrected chi connectivity index (χ4v) is 4.18. The Morgan fingerprint density at radius 2 is 1.94 bits per heavy atom. The molecule has 0 bridgehead atoms. The van der Waals surface area contributed by atoms with Crippen molar-refractivity contribution >= 4 is 22.6 Å². The molecule has 1 saturated heterocycles. The molecule has 0 aliphatic carbocycles. The summed E-state index contributed by atoms with van der Waals surface area (Å²) < 4.78 is 26.9. The van der Waals surface area contributed by atoms with Crippen molar-refractivity contribution in [2.45, 2.75) is 32.2 Å². The number of nitrogens with one attached hydrogen (secondary N) is 2. The summed E-state index contributed by atoms with van der Waals surface area (Å²) >= 11 is 0. The third-order valence-electron chi connectivity index (χ3n) is 6.06. The fraction of sp³-hybridized carbons (Fsp3) is 0.280. The average molecular weight is 463 g/mol. The van der Waals surface area contributed by atoms with Crippen LogP contribution >= 0.6 is 0 Å². The Balaban J connectivity index is 1.37. The van der Waals surface area contributed by atoms with Crippen LogP contribution in [0.1, 0.15) is 34.5 Å². The number of nitrogens with zero attached hydrogens (tertiary/aromatic N) is 4. The predicted octanol–water partition coefficient (Wildman–Crippen LogP) is 4.81. The number of aromatic nitrogens is 4. The van der Waals surface area contributed by atoms with Crippen molar-refractivity contribution in [2.75, 3.05) is 18.4 Å². The smallest absolute Gasteiger partial charge is 0.277 e. The second kappa shape index (κ2) is 8.90. The third-order valence-corrected chi connectivity index (χ3v) is 6.06. The SMILES string of the molecule is Cc1ccnc(NC(=O)c2n[nH]c3ccc(-c4cncc(CN5CCC(F)(F)CC5)c4)cc23)c1. The molecule has 7 nitrogen and oxygen atoms in total. The van der Waals surface area contributed by atoms with E-state index in [2.05, 4.69) is 25.5 Å². The molecule has 4 aromatic rings. The van der Waals surface area contributed by atoms with Crippen molar-refractivity contribution in [1.82, 2.24) is 25.1 Å². The second-order valence-corrected chi connectivity index (χ2v) is 8.72. The summed E-state index contributed by atoms with van der Waals surface area (Å²) in [6.45, 7) is 3.23. The number of halogens is 2. The number of H-pyrrole nitrogens is 1. The predicted molar refractivity (Wildman–Crippen MR) is 126 cm³/mol. The van der Waals surface area contributed by atoms with Crippen LogP contribution < -0.4 is 5.32 Å². The van der Waals surface area contributed by atoms with Gasteiger partial charge in [-0.3, -0.25) is 19.8 Å². The van der Waals surface area contributed by atoms with Crippen molar-refractivity contribution in [3.05, 3.63) is 71.8 Å². The van der Waals surface area contributed by atoms with Gasteiger partial charge in [-0.2, -0.15) is 5.10 Å². The van der Waals surface area contributed by atoms with Crippen LogP contribution in [-0.2, 0) is 6.54 Å². The van der Waals surface area contributed by atoms with Crippen molar-refractivity contribution < 1.29 is 13.6 Å². The van der Waals surface area contributed by atoms with Gasteiger partial charge in [0.05, 0.1) is 5.52 Å². The average Bonchev–Trinajstić information content (AvgIpc) is 3.24. The van der Waals surface area contributed by atoms with Crippen LogP contribution in [0.4, 0.5) is 14.6 Å². The maximum absolute atomic E-state index is 13.5. The van der Waals surface area contributed by atoms with E-state index < -0.39 is 5.92 Å². The van der Waals surface area contributed by atoms with Crippen LogP contribution in [0.3, 0.4) is 0 Å². The normalized spacial score (nSPS) is 16.0. The lowest BCUT2D eigenvalue weighted by Crippen LogP contribution is -2.38. The van der Waals surface area contributed by atoms with Gasteiger partial charge in [0.15, 0.2) is 5.69 Å². The number of hydrogen-bond donors (Lipinski definition) is 2. The van der Waals surface area contributed by atoms with E-state index in [1.54, 1.807) is 24.7 Å². The number of amides is 1. The van der Waals surface area contributed by atoms with Gasteiger partial charge < -0.3 is 5.32 Å². The number of fused-ring (bicyclic) bond motifs is 1. The molecule has 0 radical (unpaired) electrons. The molecule has 174 valence electrons. The van der Waals surface area contributed by atoms with Gasteiger partial charge in [-0.05, 0) is 53.9 Å². The largest absolute Gasteiger partial charge is 0.305 e. The van der Waals surface area contributed by atoms with Gasteiger partial charge in [0.2, 0.25) is 0 Å². The first-order valence-electron chi connectivity index (χ1n) is 11.1. The molecule has 1 aliphatic heterocycles. The summed E-state index contributed by atoms with van der Waals surface area (Å²) in [5, 5.41) is 10.6. The van der Waals surface area contributed by atoms with Gasteiger partial charge in [-0.1, -0.05) is 6.07 Å². The first-order chi connectivity index (χ1) is 16.4. The maximum atomic E-state index is 13.5. The molecule has 5 rings (SSSR count). The van der Waals surface area contributed by atoms with E-state index in [0.717, 1.165) is 27.8 Å². The van der Waals surface area contributed by atoms with E-state index in [-0.39, 0.29) is 24.4 Å². The molecule has 0 unspecified atom stereocenters.